The van der Waals surface area contributed by atoms with Gasteiger partial charge in [0.25, 0.3) is 0 Å². The summed E-state index contributed by atoms with van der Waals surface area (Å²) >= 11 is 1.78. The lowest BCUT2D eigenvalue weighted by molar-refractivity contribution is 0.0384. The van der Waals surface area contributed by atoms with E-state index in [1.54, 1.807) is 11.3 Å². The summed E-state index contributed by atoms with van der Waals surface area (Å²) in [5.74, 6) is 0. The number of nitrogens with zero attached hydrogens (tertiary/aromatic N) is 2. The van der Waals surface area contributed by atoms with Crippen molar-refractivity contribution in [1.29, 1.82) is 0 Å². The van der Waals surface area contributed by atoms with Gasteiger partial charge in [-0.1, -0.05) is 24.3 Å². The number of rotatable bonds is 8. The number of anilines is 2. The number of aryl methyl sites for hydroxylation is 1. The highest BCUT2D eigenvalue weighted by atomic mass is 32.1. The summed E-state index contributed by atoms with van der Waals surface area (Å²) in [7, 11) is 0. The molecule has 0 atom stereocenters. The minimum atomic E-state index is 0.856. The predicted molar refractivity (Wildman–Crippen MR) is 150 cm³/mol. The van der Waals surface area contributed by atoms with E-state index in [1.165, 1.54) is 31.8 Å². The fourth-order valence-corrected chi connectivity index (χ4v) is 5.86. The molecule has 3 N–H and O–H groups in total. The van der Waals surface area contributed by atoms with Gasteiger partial charge in [0.05, 0.1) is 29.1 Å². The minimum Gasteiger partial charge on any atom is -0.379 e. The lowest BCUT2D eigenvalue weighted by atomic mass is 10.1. The van der Waals surface area contributed by atoms with Crippen molar-refractivity contribution in [3.8, 4) is 10.4 Å². The van der Waals surface area contributed by atoms with Crippen LogP contribution < -0.4 is 10.6 Å². The first-order valence-electron chi connectivity index (χ1n) is 12.6. The molecule has 0 bridgehead atoms. The van der Waals surface area contributed by atoms with Gasteiger partial charge in [-0.3, -0.25) is 9.88 Å². The second kappa shape index (κ2) is 10.4. The van der Waals surface area contributed by atoms with E-state index in [-0.39, 0.29) is 0 Å². The fourth-order valence-electron chi connectivity index (χ4n) is 4.77. The molecule has 3 aromatic heterocycles. The summed E-state index contributed by atoms with van der Waals surface area (Å²) in [6, 6.07) is 21.7. The summed E-state index contributed by atoms with van der Waals surface area (Å²) in [5, 5.41) is 8.40. The van der Waals surface area contributed by atoms with Gasteiger partial charge in [-0.2, -0.15) is 0 Å². The standard InChI is InChI=1S/C29H31N5OS/c1-20-16-23-17-24(6-7-25(23)32-20)33-26-8-9-31-27-18-28(36-29(26)27)22-4-2-21(3-5-22)19-30-10-11-34-12-14-35-15-13-34/h2-9,16-18,30,32H,10-15,19H2,1H3,(H,31,33). The number of hydrogen-bond acceptors (Lipinski definition) is 6. The first kappa shape index (κ1) is 23.2. The number of fused-ring (bicyclic) bond motifs is 2. The molecule has 0 amide bonds. The Kier molecular flexibility index (Phi) is 6.70. The molecule has 5 aromatic rings. The van der Waals surface area contributed by atoms with E-state index in [9.17, 15) is 0 Å². The lowest BCUT2D eigenvalue weighted by Crippen LogP contribution is -2.40. The van der Waals surface area contributed by atoms with Crippen LogP contribution in [0.3, 0.4) is 0 Å². The number of thiophene rings is 1. The van der Waals surface area contributed by atoms with Crippen LogP contribution in [0.15, 0.2) is 66.9 Å². The van der Waals surface area contributed by atoms with E-state index in [4.69, 9.17) is 4.74 Å². The van der Waals surface area contributed by atoms with Crippen LogP contribution in [0.5, 0.6) is 0 Å². The number of pyridine rings is 1. The van der Waals surface area contributed by atoms with Crippen molar-refractivity contribution in [2.75, 3.05) is 44.7 Å². The molecule has 1 aliphatic heterocycles. The minimum absolute atomic E-state index is 0.856. The van der Waals surface area contributed by atoms with Gasteiger partial charge < -0.3 is 20.4 Å². The molecule has 0 unspecified atom stereocenters. The molecule has 2 aromatic carbocycles. The molecule has 0 radical (unpaired) electrons. The Balaban J connectivity index is 1.13. The summed E-state index contributed by atoms with van der Waals surface area (Å²) in [4.78, 5) is 11.7. The van der Waals surface area contributed by atoms with Crippen LogP contribution in [0.25, 0.3) is 31.6 Å². The molecule has 0 saturated carbocycles. The van der Waals surface area contributed by atoms with Crippen molar-refractivity contribution in [2.45, 2.75) is 13.5 Å². The van der Waals surface area contributed by atoms with E-state index in [2.05, 4.69) is 93.1 Å². The number of hydrogen-bond donors (Lipinski definition) is 3. The Morgan fingerprint density at radius 2 is 1.89 bits per heavy atom. The number of H-pyrrole nitrogens is 1. The molecule has 0 aliphatic carbocycles. The number of morpholine rings is 1. The summed E-state index contributed by atoms with van der Waals surface area (Å²) in [6.07, 6.45) is 1.88. The van der Waals surface area contributed by atoms with Gasteiger partial charge in [0.2, 0.25) is 0 Å². The molecule has 36 heavy (non-hydrogen) atoms. The molecule has 4 heterocycles. The third-order valence-corrected chi connectivity index (χ3v) is 7.93. The summed E-state index contributed by atoms with van der Waals surface area (Å²) < 4.78 is 6.59. The second-order valence-corrected chi connectivity index (χ2v) is 10.4. The van der Waals surface area contributed by atoms with Crippen LogP contribution >= 0.6 is 11.3 Å². The number of ether oxygens (including phenoxy) is 1. The molecule has 1 saturated heterocycles. The monoisotopic (exact) mass is 497 g/mol. The zero-order chi connectivity index (χ0) is 24.3. The topological polar surface area (TPSA) is 65.2 Å². The van der Waals surface area contributed by atoms with Crippen molar-refractivity contribution in [3.05, 3.63) is 78.1 Å². The lowest BCUT2D eigenvalue weighted by Gasteiger charge is -2.26. The van der Waals surface area contributed by atoms with E-state index >= 15 is 0 Å². The smallest absolute Gasteiger partial charge is 0.0837 e. The van der Waals surface area contributed by atoms with E-state index in [0.717, 1.165) is 68.3 Å². The SMILES string of the molecule is Cc1cc2cc(Nc3ccnc4cc(-c5ccc(CNCCN6CCOCC6)cc5)sc34)ccc2[nH]1. The van der Waals surface area contributed by atoms with Crippen LogP contribution in [0, 0.1) is 6.92 Å². The molecule has 0 spiro atoms. The Morgan fingerprint density at radius 1 is 1.03 bits per heavy atom. The third-order valence-electron chi connectivity index (χ3n) is 6.72. The van der Waals surface area contributed by atoms with Crippen molar-refractivity contribution >= 4 is 43.8 Å². The van der Waals surface area contributed by atoms with Crippen LogP contribution in [0.2, 0.25) is 0 Å². The zero-order valence-electron chi connectivity index (χ0n) is 20.5. The molecule has 6 rings (SSSR count). The normalized spacial score (nSPS) is 14.6. The molecule has 1 fully saturated rings. The predicted octanol–water partition coefficient (Wildman–Crippen LogP) is 5.92. The maximum atomic E-state index is 5.42. The van der Waals surface area contributed by atoms with E-state index < -0.39 is 0 Å². The van der Waals surface area contributed by atoms with E-state index in [1.807, 2.05) is 6.20 Å². The van der Waals surface area contributed by atoms with E-state index in [0.29, 0.717) is 0 Å². The van der Waals surface area contributed by atoms with Crippen molar-refractivity contribution in [2.24, 2.45) is 0 Å². The maximum absolute atomic E-state index is 5.42. The Hall–Kier alpha value is -3.23. The van der Waals surface area contributed by atoms with Crippen LogP contribution in [-0.2, 0) is 11.3 Å². The Labute approximate surface area is 215 Å². The van der Waals surface area contributed by atoms with Crippen LogP contribution in [-0.4, -0.2) is 54.3 Å². The first-order valence-corrected chi connectivity index (χ1v) is 13.4. The van der Waals surface area contributed by atoms with Gasteiger partial charge in [0.1, 0.15) is 0 Å². The zero-order valence-corrected chi connectivity index (χ0v) is 21.3. The highest BCUT2D eigenvalue weighted by Crippen LogP contribution is 2.37. The Morgan fingerprint density at radius 3 is 2.75 bits per heavy atom. The molecule has 1 aliphatic rings. The quantitative estimate of drug-likeness (QED) is 0.232. The molecular formula is C29H31N5OS. The van der Waals surface area contributed by atoms with Gasteiger partial charge >= 0.3 is 0 Å². The van der Waals surface area contributed by atoms with Crippen LogP contribution in [0.1, 0.15) is 11.3 Å². The van der Waals surface area contributed by atoms with Crippen molar-refractivity contribution in [3.63, 3.8) is 0 Å². The third kappa shape index (κ3) is 5.15. The van der Waals surface area contributed by atoms with Gasteiger partial charge in [-0.05, 0) is 54.4 Å². The van der Waals surface area contributed by atoms with Gasteiger partial charge in [0, 0.05) is 66.1 Å². The Bertz CT molecular complexity index is 1470. The maximum Gasteiger partial charge on any atom is 0.0837 e. The number of aromatic nitrogens is 2. The second-order valence-electron chi connectivity index (χ2n) is 9.39. The number of benzene rings is 2. The molecule has 6 nitrogen and oxygen atoms in total. The van der Waals surface area contributed by atoms with Gasteiger partial charge in [-0.25, -0.2) is 0 Å². The van der Waals surface area contributed by atoms with Gasteiger partial charge in [0.15, 0.2) is 0 Å². The van der Waals surface area contributed by atoms with Gasteiger partial charge in [-0.15, -0.1) is 11.3 Å². The number of nitrogens with one attached hydrogen (secondary N) is 3. The average Bonchev–Trinajstić information content (AvgIpc) is 3.51. The first-order chi connectivity index (χ1) is 17.7. The largest absolute Gasteiger partial charge is 0.379 e. The highest BCUT2D eigenvalue weighted by Gasteiger charge is 2.11. The van der Waals surface area contributed by atoms with Crippen LogP contribution in [0.4, 0.5) is 11.4 Å². The molecular weight excluding hydrogens is 466 g/mol. The fraction of sp³-hybridized carbons (Fsp3) is 0.276. The molecule has 7 heteroatoms. The summed E-state index contributed by atoms with van der Waals surface area (Å²) in [5.41, 5.74) is 8.05. The van der Waals surface area contributed by atoms with Crippen molar-refractivity contribution < 1.29 is 4.74 Å². The average molecular weight is 498 g/mol. The number of aromatic amines is 1. The summed E-state index contributed by atoms with van der Waals surface area (Å²) in [6.45, 7) is 8.84. The molecule has 184 valence electrons. The van der Waals surface area contributed by atoms with Crippen molar-refractivity contribution in [1.82, 2.24) is 20.2 Å². The highest BCUT2D eigenvalue weighted by molar-refractivity contribution is 7.22.